The van der Waals surface area contributed by atoms with Crippen molar-refractivity contribution in [2.45, 2.75) is 18.0 Å². The predicted octanol–water partition coefficient (Wildman–Crippen LogP) is 7.32. The number of hydrogen-bond donors (Lipinski definition) is 0. The van der Waals surface area contributed by atoms with E-state index in [1.54, 1.807) is 79.9 Å². The maximum atomic E-state index is 14.7. The van der Waals surface area contributed by atoms with E-state index in [1.807, 2.05) is 35.3 Å². The van der Waals surface area contributed by atoms with Gasteiger partial charge in [0.05, 0.1) is 13.2 Å². The maximum Gasteiger partial charge on any atom is 0.186 e. The average molecular weight is 580 g/mol. The first-order valence-electron chi connectivity index (χ1n) is 13.2. The summed E-state index contributed by atoms with van der Waals surface area (Å²) in [7, 11) is 1.54. The Morgan fingerprint density at radius 1 is 0.829 bits per heavy atom. The van der Waals surface area contributed by atoms with E-state index in [2.05, 4.69) is 0 Å². The van der Waals surface area contributed by atoms with Crippen LogP contribution in [0.25, 0.3) is 6.08 Å². The van der Waals surface area contributed by atoms with Crippen molar-refractivity contribution < 1.29 is 19.1 Å². The van der Waals surface area contributed by atoms with Crippen LogP contribution in [-0.4, -0.2) is 36.5 Å². The van der Waals surface area contributed by atoms with Gasteiger partial charge < -0.3 is 9.64 Å². The molecule has 3 unspecified atom stereocenters. The predicted molar refractivity (Wildman–Crippen MR) is 160 cm³/mol. The lowest BCUT2D eigenvalue weighted by atomic mass is 9.64. The summed E-state index contributed by atoms with van der Waals surface area (Å²) < 4.78 is 5.42. The van der Waals surface area contributed by atoms with Crippen molar-refractivity contribution in [3.8, 4) is 5.75 Å². The summed E-state index contributed by atoms with van der Waals surface area (Å²) in [5.74, 6) is -1.13. The normalized spacial score (nSPS) is 21.5. The Kier molecular flexibility index (Phi) is 5.93. The van der Waals surface area contributed by atoms with Crippen LogP contribution in [-0.2, 0) is 0 Å². The van der Waals surface area contributed by atoms with E-state index in [9.17, 15) is 14.4 Å². The number of carbonyl (C=O) groups is 3. The van der Waals surface area contributed by atoms with Crippen LogP contribution in [0, 0.1) is 5.41 Å². The zero-order chi connectivity index (χ0) is 28.5. The molecule has 1 fully saturated rings. The van der Waals surface area contributed by atoms with Crippen LogP contribution < -0.4 is 9.64 Å². The first-order valence-corrected chi connectivity index (χ1v) is 14.0. The Bertz CT molecular complexity index is 1780. The molecule has 2 aliphatic heterocycles. The van der Waals surface area contributed by atoms with Gasteiger partial charge in [-0.2, -0.15) is 0 Å². The SMILES string of the molecule is COc1cccc(C(=O)C2C(c3cccc(Cl)c3)C3(C(=O)c4ccccc4C3=O)C3C=Cc4cc(Cl)ccc4N23)c1. The van der Waals surface area contributed by atoms with Crippen LogP contribution in [0.2, 0.25) is 10.0 Å². The fraction of sp³-hybridized carbons (Fsp3) is 0.147. The number of methoxy groups -OCH3 is 1. The van der Waals surface area contributed by atoms with Gasteiger partial charge in [0.15, 0.2) is 17.3 Å². The minimum Gasteiger partial charge on any atom is -0.497 e. The first-order chi connectivity index (χ1) is 19.9. The molecular formula is C34H23Cl2NO4. The van der Waals surface area contributed by atoms with Crippen molar-refractivity contribution in [2.24, 2.45) is 5.41 Å². The van der Waals surface area contributed by atoms with Gasteiger partial charge in [0, 0.05) is 38.3 Å². The third-order valence-corrected chi connectivity index (χ3v) is 9.07. The number of carbonyl (C=O) groups excluding carboxylic acids is 3. The molecule has 0 bridgehead atoms. The molecule has 3 atom stereocenters. The molecule has 0 radical (unpaired) electrons. The van der Waals surface area contributed by atoms with Gasteiger partial charge in [-0.1, -0.05) is 83.9 Å². The second-order valence-electron chi connectivity index (χ2n) is 10.6. The molecule has 1 saturated heterocycles. The van der Waals surface area contributed by atoms with Gasteiger partial charge in [-0.3, -0.25) is 14.4 Å². The number of anilines is 1. The van der Waals surface area contributed by atoms with E-state index in [-0.39, 0.29) is 17.3 Å². The molecule has 0 saturated carbocycles. The molecule has 0 aromatic heterocycles. The standard InChI is InChI=1S/C34H23Cl2NO4/c1-41-24-9-5-7-21(18-24)31(38)30-29(20-6-4-8-22(35)17-20)34(32(39)25-10-2-3-11-26(25)33(34)40)28-15-12-19-16-23(36)13-14-27(19)37(28)30/h2-18,28-30H,1H3. The van der Waals surface area contributed by atoms with Crippen LogP contribution in [0.15, 0.2) is 97.1 Å². The highest BCUT2D eigenvalue weighted by molar-refractivity contribution is 6.33. The fourth-order valence-corrected chi connectivity index (χ4v) is 7.35. The second kappa shape index (κ2) is 9.44. The molecule has 7 heteroatoms. The molecule has 7 rings (SSSR count). The van der Waals surface area contributed by atoms with Gasteiger partial charge in [0.2, 0.25) is 0 Å². The largest absolute Gasteiger partial charge is 0.497 e. The molecule has 5 nitrogen and oxygen atoms in total. The highest BCUT2D eigenvalue weighted by Gasteiger charge is 2.71. The van der Waals surface area contributed by atoms with Crippen molar-refractivity contribution in [2.75, 3.05) is 12.0 Å². The van der Waals surface area contributed by atoms with Gasteiger partial charge in [0.25, 0.3) is 0 Å². The Balaban J connectivity index is 1.55. The van der Waals surface area contributed by atoms with E-state index >= 15 is 0 Å². The van der Waals surface area contributed by atoms with Gasteiger partial charge in [0.1, 0.15) is 17.2 Å². The van der Waals surface area contributed by atoms with Gasteiger partial charge in [-0.15, -0.1) is 0 Å². The number of rotatable bonds is 4. The molecule has 0 amide bonds. The molecule has 0 N–H and O–H groups in total. The van der Waals surface area contributed by atoms with Crippen LogP contribution in [0.1, 0.15) is 48.1 Å². The smallest absolute Gasteiger partial charge is 0.186 e. The minimum atomic E-state index is -1.60. The number of fused-ring (bicyclic) bond motifs is 5. The molecule has 3 aliphatic rings. The minimum absolute atomic E-state index is 0.233. The van der Waals surface area contributed by atoms with Crippen LogP contribution in [0.3, 0.4) is 0 Å². The third-order valence-electron chi connectivity index (χ3n) is 8.60. The summed E-state index contributed by atoms with van der Waals surface area (Å²) in [6.07, 6.45) is 3.76. The number of halogens is 2. The number of Topliss-reactive ketones (excluding diaryl/α,β-unsaturated/α-hetero) is 3. The van der Waals surface area contributed by atoms with Crippen molar-refractivity contribution in [1.82, 2.24) is 0 Å². The maximum absolute atomic E-state index is 14.7. The molecule has 2 heterocycles. The van der Waals surface area contributed by atoms with Crippen molar-refractivity contribution in [3.05, 3.63) is 135 Å². The van der Waals surface area contributed by atoms with E-state index in [1.165, 1.54) is 0 Å². The lowest BCUT2D eigenvalue weighted by Gasteiger charge is -2.37. The molecule has 1 aliphatic carbocycles. The Labute approximate surface area is 247 Å². The highest BCUT2D eigenvalue weighted by atomic mass is 35.5. The van der Waals surface area contributed by atoms with Crippen molar-refractivity contribution >= 4 is 52.3 Å². The lowest BCUT2D eigenvalue weighted by molar-refractivity contribution is 0.0666. The zero-order valence-electron chi connectivity index (χ0n) is 21.9. The van der Waals surface area contributed by atoms with Gasteiger partial charge >= 0.3 is 0 Å². The van der Waals surface area contributed by atoms with Crippen LogP contribution in [0.4, 0.5) is 5.69 Å². The van der Waals surface area contributed by atoms with E-state index in [4.69, 9.17) is 27.9 Å². The number of nitrogens with zero attached hydrogens (tertiary/aromatic N) is 1. The second-order valence-corrected chi connectivity index (χ2v) is 11.4. The molecule has 202 valence electrons. The van der Waals surface area contributed by atoms with Crippen molar-refractivity contribution in [1.29, 1.82) is 0 Å². The van der Waals surface area contributed by atoms with Crippen LogP contribution >= 0.6 is 23.2 Å². The van der Waals surface area contributed by atoms with E-state index in [0.29, 0.717) is 38.0 Å². The Morgan fingerprint density at radius 3 is 2.24 bits per heavy atom. The number of hydrogen-bond acceptors (Lipinski definition) is 5. The van der Waals surface area contributed by atoms with Gasteiger partial charge in [-0.25, -0.2) is 0 Å². The average Bonchev–Trinajstić information content (AvgIpc) is 3.42. The molecule has 4 aromatic rings. The molecule has 1 spiro atoms. The summed E-state index contributed by atoms with van der Waals surface area (Å²) in [6, 6.07) is 24.8. The quantitative estimate of drug-likeness (QED) is 0.187. The van der Waals surface area contributed by atoms with Crippen molar-refractivity contribution in [3.63, 3.8) is 0 Å². The summed E-state index contributed by atoms with van der Waals surface area (Å²) in [5.41, 5.74) is 1.73. The summed E-state index contributed by atoms with van der Waals surface area (Å²) in [6.45, 7) is 0. The van der Waals surface area contributed by atoms with Crippen LogP contribution in [0.5, 0.6) is 5.75 Å². The molecular weight excluding hydrogens is 557 g/mol. The summed E-state index contributed by atoms with van der Waals surface area (Å²) in [5, 5.41) is 0.997. The van der Waals surface area contributed by atoms with Gasteiger partial charge in [-0.05, 0) is 53.6 Å². The summed E-state index contributed by atoms with van der Waals surface area (Å²) >= 11 is 12.9. The van der Waals surface area contributed by atoms with E-state index < -0.39 is 23.4 Å². The number of benzene rings is 4. The molecule has 4 aromatic carbocycles. The fourth-order valence-electron chi connectivity index (χ4n) is 6.97. The lowest BCUT2D eigenvalue weighted by Crippen LogP contribution is -2.48. The highest BCUT2D eigenvalue weighted by Crippen LogP contribution is 2.61. The number of ketones is 3. The first kappa shape index (κ1) is 25.8. The molecule has 41 heavy (non-hydrogen) atoms. The summed E-state index contributed by atoms with van der Waals surface area (Å²) in [4.78, 5) is 46.0. The topological polar surface area (TPSA) is 63.7 Å². The zero-order valence-corrected chi connectivity index (χ0v) is 23.4. The third kappa shape index (κ3) is 3.59. The Morgan fingerprint density at radius 2 is 1.54 bits per heavy atom. The Hall–Kier alpha value is -4.19. The monoisotopic (exact) mass is 579 g/mol. The number of ether oxygens (including phenoxy) is 1. The van der Waals surface area contributed by atoms with E-state index in [0.717, 1.165) is 11.3 Å².